The average molecular weight is 288 g/mol. The molecule has 21 heavy (non-hydrogen) atoms. The monoisotopic (exact) mass is 288 g/mol. The van der Waals surface area contributed by atoms with E-state index in [-0.39, 0.29) is 5.91 Å². The van der Waals surface area contributed by atoms with Crippen molar-refractivity contribution in [3.63, 3.8) is 0 Å². The fourth-order valence-electron chi connectivity index (χ4n) is 3.33. The van der Waals surface area contributed by atoms with E-state index in [1.165, 1.54) is 38.5 Å². The Hall–Kier alpha value is -1.65. The summed E-state index contributed by atoms with van der Waals surface area (Å²) in [6, 6.07) is 2.54. The van der Waals surface area contributed by atoms with Crippen LogP contribution in [0.5, 0.6) is 0 Å². The van der Waals surface area contributed by atoms with Crippen LogP contribution in [0.2, 0.25) is 0 Å². The number of carbonyl (C=O) groups is 1. The molecule has 0 atom stereocenters. The van der Waals surface area contributed by atoms with Crippen LogP contribution >= 0.6 is 0 Å². The minimum absolute atomic E-state index is 0.0677. The van der Waals surface area contributed by atoms with Gasteiger partial charge in [-0.3, -0.25) is 4.79 Å². The zero-order valence-electron chi connectivity index (χ0n) is 12.7. The number of carbonyl (C=O) groups excluding carboxylic acids is 1. The Morgan fingerprint density at radius 3 is 2.33 bits per heavy atom. The molecule has 3 rings (SSSR count). The number of anilines is 1. The summed E-state index contributed by atoms with van der Waals surface area (Å²) in [5.74, 6) is 0.528. The summed E-state index contributed by atoms with van der Waals surface area (Å²) in [5, 5.41) is 6.45. The van der Waals surface area contributed by atoms with Crippen LogP contribution in [0, 0.1) is 6.92 Å². The SMILES string of the molecule is Cc1cc(C(=O)NC2CCCC2)nc(NC2CCCC2)n1. The van der Waals surface area contributed by atoms with Crippen LogP contribution in [-0.4, -0.2) is 28.0 Å². The Morgan fingerprint density at radius 2 is 1.67 bits per heavy atom. The number of aromatic nitrogens is 2. The van der Waals surface area contributed by atoms with Crippen molar-refractivity contribution in [3.8, 4) is 0 Å². The predicted octanol–water partition coefficient (Wildman–Crippen LogP) is 2.81. The second kappa shape index (κ2) is 6.41. The lowest BCUT2D eigenvalue weighted by Gasteiger charge is -2.14. The van der Waals surface area contributed by atoms with E-state index in [2.05, 4.69) is 20.6 Å². The molecule has 1 aromatic heterocycles. The molecule has 0 unspecified atom stereocenters. The van der Waals surface area contributed by atoms with E-state index in [4.69, 9.17) is 0 Å². The molecule has 2 N–H and O–H groups in total. The highest BCUT2D eigenvalue weighted by atomic mass is 16.1. The fraction of sp³-hybridized carbons (Fsp3) is 0.688. The summed E-state index contributed by atoms with van der Waals surface area (Å²) in [5.41, 5.74) is 1.32. The Morgan fingerprint density at radius 1 is 1.05 bits per heavy atom. The molecule has 2 aliphatic rings. The standard InChI is InChI=1S/C16H24N4O/c1-11-10-14(15(21)18-12-6-2-3-7-12)20-16(17-11)19-13-8-4-5-9-13/h10,12-13H,2-9H2,1H3,(H,18,21)(H,17,19,20). The molecule has 1 aromatic rings. The van der Waals surface area contributed by atoms with Crippen molar-refractivity contribution in [2.75, 3.05) is 5.32 Å². The van der Waals surface area contributed by atoms with Crippen molar-refractivity contribution in [3.05, 3.63) is 17.5 Å². The van der Waals surface area contributed by atoms with Gasteiger partial charge in [-0.1, -0.05) is 25.7 Å². The molecule has 0 aliphatic heterocycles. The molecule has 1 amide bonds. The first-order valence-corrected chi connectivity index (χ1v) is 8.14. The minimum atomic E-state index is -0.0677. The van der Waals surface area contributed by atoms with Gasteiger partial charge < -0.3 is 10.6 Å². The number of amides is 1. The number of rotatable bonds is 4. The van der Waals surface area contributed by atoms with Gasteiger partial charge >= 0.3 is 0 Å². The quantitative estimate of drug-likeness (QED) is 0.894. The molecular formula is C16H24N4O. The van der Waals surface area contributed by atoms with Gasteiger partial charge in [-0.05, 0) is 38.7 Å². The Balaban J connectivity index is 1.68. The lowest BCUT2D eigenvalue weighted by molar-refractivity contribution is 0.0932. The van der Waals surface area contributed by atoms with Gasteiger partial charge in [0.25, 0.3) is 5.91 Å². The van der Waals surface area contributed by atoms with Crippen LogP contribution in [-0.2, 0) is 0 Å². The van der Waals surface area contributed by atoms with Gasteiger partial charge in [-0.25, -0.2) is 9.97 Å². The van der Waals surface area contributed by atoms with Crippen LogP contribution in [0.1, 0.15) is 67.5 Å². The van der Waals surface area contributed by atoms with Crippen LogP contribution in [0.4, 0.5) is 5.95 Å². The van der Waals surface area contributed by atoms with E-state index in [0.29, 0.717) is 23.7 Å². The summed E-state index contributed by atoms with van der Waals surface area (Å²) in [7, 11) is 0. The van der Waals surface area contributed by atoms with E-state index >= 15 is 0 Å². The maximum absolute atomic E-state index is 12.3. The molecule has 5 nitrogen and oxygen atoms in total. The largest absolute Gasteiger partial charge is 0.351 e. The van der Waals surface area contributed by atoms with Gasteiger partial charge in [0.05, 0.1) is 0 Å². The summed E-state index contributed by atoms with van der Waals surface area (Å²) in [4.78, 5) is 21.1. The van der Waals surface area contributed by atoms with Crippen molar-refractivity contribution in [2.24, 2.45) is 0 Å². The minimum Gasteiger partial charge on any atom is -0.351 e. The fourth-order valence-corrected chi connectivity index (χ4v) is 3.33. The van der Waals surface area contributed by atoms with E-state index in [9.17, 15) is 4.79 Å². The lowest BCUT2D eigenvalue weighted by atomic mass is 10.2. The normalized spacial score (nSPS) is 19.9. The van der Waals surface area contributed by atoms with E-state index in [1.807, 2.05) is 6.92 Å². The van der Waals surface area contributed by atoms with Crippen LogP contribution in [0.15, 0.2) is 6.07 Å². The first kappa shape index (κ1) is 14.3. The molecule has 5 heteroatoms. The third kappa shape index (κ3) is 3.71. The van der Waals surface area contributed by atoms with Gasteiger partial charge in [0, 0.05) is 17.8 Å². The molecule has 0 aromatic carbocycles. The van der Waals surface area contributed by atoms with Crippen molar-refractivity contribution in [1.82, 2.24) is 15.3 Å². The smallest absolute Gasteiger partial charge is 0.270 e. The summed E-state index contributed by atoms with van der Waals surface area (Å²) in [6.07, 6.45) is 9.45. The van der Waals surface area contributed by atoms with Gasteiger partial charge in [0.15, 0.2) is 0 Å². The number of aryl methyl sites for hydroxylation is 1. The van der Waals surface area contributed by atoms with Gasteiger partial charge in [0.2, 0.25) is 5.95 Å². The van der Waals surface area contributed by atoms with Crippen LogP contribution in [0.3, 0.4) is 0 Å². The highest BCUT2D eigenvalue weighted by Gasteiger charge is 2.20. The third-order valence-corrected chi connectivity index (χ3v) is 4.47. The maximum Gasteiger partial charge on any atom is 0.270 e. The summed E-state index contributed by atoms with van der Waals surface area (Å²) < 4.78 is 0. The molecule has 2 saturated carbocycles. The van der Waals surface area contributed by atoms with Gasteiger partial charge in [0.1, 0.15) is 5.69 Å². The van der Waals surface area contributed by atoms with Gasteiger partial charge in [-0.15, -0.1) is 0 Å². The first-order chi connectivity index (χ1) is 10.2. The van der Waals surface area contributed by atoms with E-state index in [0.717, 1.165) is 18.5 Å². The second-order valence-electron chi connectivity index (χ2n) is 6.30. The third-order valence-electron chi connectivity index (χ3n) is 4.47. The van der Waals surface area contributed by atoms with Crippen molar-refractivity contribution in [1.29, 1.82) is 0 Å². The number of nitrogens with zero attached hydrogens (tertiary/aromatic N) is 2. The Labute approximate surface area is 125 Å². The number of hydrogen-bond donors (Lipinski definition) is 2. The molecule has 0 saturated heterocycles. The highest BCUT2D eigenvalue weighted by molar-refractivity contribution is 5.92. The molecule has 114 valence electrons. The molecule has 2 fully saturated rings. The summed E-state index contributed by atoms with van der Waals surface area (Å²) in [6.45, 7) is 1.91. The lowest BCUT2D eigenvalue weighted by Crippen LogP contribution is -2.33. The van der Waals surface area contributed by atoms with Crippen molar-refractivity contribution < 1.29 is 4.79 Å². The van der Waals surface area contributed by atoms with Crippen LogP contribution in [0.25, 0.3) is 0 Å². The Bertz CT molecular complexity index is 505. The number of nitrogens with one attached hydrogen (secondary N) is 2. The maximum atomic E-state index is 12.3. The predicted molar refractivity (Wildman–Crippen MR) is 82.4 cm³/mol. The molecule has 0 bridgehead atoms. The molecule has 2 aliphatic carbocycles. The molecule has 0 spiro atoms. The Kier molecular flexibility index (Phi) is 4.36. The van der Waals surface area contributed by atoms with Crippen molar-refractivity contribution >= 4 is 11.9 Å². The topological polar surface area (TPSA) is 66.9 Å². The highest BCUT2D eigenvalue weighted by Crippen LogP contribution is 2.21. The zero-order chi connectivity index (χ0) is 14.7. The van der Waals surface area contributed by atoms with Crippen molar-refractivity contribution in [2.45, 2.75) is 70.4 Å². The molecule has 0 radical (unpaired) electrons. The van der Waals surface area contributed by atoms with Crippen LogP contribution < -0.4 is 10.6 Å². The summed E-state index contributed by atoms with van der Waals surface area (Å²) >= 11 is 0. The molecule has 1 heterocycles. The van der Waals surface area contributed by atoms with E-state index < -0.39 is 0 Å². The zero-order valence-corrected chi connectivity index (χ0v) is 12.7. The average Bonchev–Trinajstić information content (AvgIpc) is 3.11. The second-order valence-corrected chi connectivity index (χ2v) is 6.30. The van der Waals surface area contributed by atoms with Gasteiger partial charge in [-0.2, -0.15) is 0 Å². The van der Waals surface area contributed by atoms with E-state index in [1.54, 1.807) is 6.07 Å². The molecular weight excluding hydrogens is 264 g/mol. The first-order valence-electron chi connectivity index (χ1n) is 8.14. The number of hydrogen-bond acceptors (Lipinski definition) is 4.